The van der Waals surface area contributed by atoms with Crippen molar-refractivity contribution in [2.24, 2.45) is 0 Å². The van der Waals surface area contributed by atoms with Gasteiger partial charge in [0.1, 0.15) is 11.6 Å². The van der Waals surface area contributed by atoms with E-state index in [1.54, 1.807) is 13.2 Å². The average Bonchev–Trinajstić information content (AvgIpc) is 2.84. The molecule has 35 heavy (non-hydrogen) atoms. The van der Waals surface area contributed by atoms with E-state index in [0.717, 1.165) is 72.1 Å². The molecule has 0 saturated carbocycles. The fraction of sp³-hybridized carbons (Fsp3) is 0.448. The predicted octanol–water partition coefficient (Wildman–Crippen LogP) is 5.77. The zero-order chi connectivity index (χ0) is 24.7. The van der Waals surface area contributed by atoms with Crippen LogP contribution in [0.3, 0.4) is 0 Å². The first-order valence-corrected chi connectivity index (χ1v) is 12.6. The lowest BCUT2D eigenvalue weighted by molar-refractivity contribution is 0.0719. The molecule has 2 atom stereocenters. The van der Waals surface area contributed by atoms with Gasteiger partial charge in [-0.15, -0.1) is 0 Å². The second kappa shape index (κ2) is 9.57. The van der Waals surface area contributed by atoms with Gasteiger partial charge in [-0.3, -0.25) is 0 Å². The molecule has 0 amide bonds. The first-order valence-electron chi connectivity index (χ1n) is 12.6. The van der Waals surface area contributed by atoms with Crippen LogP contribution in [0, 0.1) is 26.6 Å². The topological polar surface area (TPSA) is 41.5 Å². The summed E-state index contributed by atoms with van der Waals surface area (Å²) >= 11 is 0. The van der Waals surface area contributed by atoms with E-state index in [1.165, 1.54) is 17.2 Å². The summed E-state index contributed by atoms with van der Waals surface area (Å²) in [6.45, 7) is 10.9. The molecule has 1 fully saturated rings. The van der Waals surface area contributed by atoms with Gasteiger partial charge in [0.05, 0.1) is 11.8 Å². The summed E-state index contributed by atoms with van der Waals surface area (Å²) < 4.78 is 19.8. The molecule has 2 aliphatic heterocycles. The monoisotopic (exact) mass is 474 g/mol. The third-order valence-electron chi connectivity index (χ3n) is 7.69. The molecule has 0 aliphatic carbocycles. The van der Waals surface area contributed by atoms with Crippen LogP contribution in [0.15, 0.2) is 36.4 Å². The van der Waals surface area contributed by atoms with Gasteiger partial charge in [-0.2, -0.15) is 0 Å². The molecule has 6 heteroatoms. The quantitative estimate of drug-likeness (QED) is 0.480. The van der Waals surface area contributed by atoms with Crippen LogP contribution in [-0.4, -0.2) is 42.3 Å². The number of piperidine rings is 1. The lowest BCUT2D eigenvalue weighted by atomic mass is 9.97. The molecule has 0 bridgehead atoms. The van der Waals surface area contributed by atoms with Crippen LogP contribution >= 0.6 is 0 Å². The van der Waals surface area contributed by atoms with E-state index in [9.17, 15) is 4.39 Å². The number of aromatic nitrogens is 2. The minimum absolute atomic E-state index is 0.200. The number of benzene rings is 2. The van der Waals surface area contributed by atoms with Gasteiger partial charge in [-0.1, -0.05) is 24.3 Å². The smallest absolute Gasteiger partial charge is 0.162 e. The molecule has 2 aromatic carbocycles. The Kier molecular flexibility index (Phi) is 6.49. The van der Waals surface area contributed by atoms with Crippen molar-refractivity contribution in [3.63, 3.8) is 0 Å². The molecule has 2 aliphatic rings. The largest absolute Gasteiger partial charge is 0.381 e. The van der Waals surface area contributed by atoms with Crippen molar-refractivity contribution in [3.05, 3.63) is 70.2 Å². The molecule has 0 N–H and O–H groups in total. The summed E-state index contributed by atoms with van der Waals surface area (Å²) in [6, 6.07) is 11.7. The molecule has 5 nitrogen and oxygen atoms in total. The Labute approximate surface area is 208 Å². The summed E-state index contributed by atoms with van der Waals surface area (Å²) in [6.07, 6.45) is 3.04. The van der Waals surface area contributed by atoms with E-state index in [2.05, 4.69) is 48.8 Å². The molecule has 184 valence electrons. The van der Waals surface area contributed by atoms with Gasteiger partial charge in [-0.25, -0.2) is 14.4 Å². The molecule has 1 aromatic heterocycles. The number of halogens is 1. The zero-order valence-corrected chi connectivity index (χ0v) is 21.4. The third kappa shape index (κ3) is 4.52. The maximum absolute atomic E-state index is 14.1. The number of ether oxygens (including phenoxy) is 1. The van der Waals surface area contributed by atoms with Crippen LogP contribution in [0.25, 0.3) is 11.4 Å². The maximum Gasteiger partial charge on any atom is 0.162 e. The molecule has 5 rings (SSSR count). The van der Waals surface area contributed by atoms with Crippen molar-refractivity contribution < 1.29 is 9.13 Å². The van der Waals surface area contributed by atoms with Gasteiger partial charge in [0, 0.05) is 56.0 Å². The van der Waals surface area contributed by atoms with E-state index in [0.29, 0.717) is 12.6 Å². The number of methoxy groups -OCH3 is 1. The summed E-state index contributed by atoms with van der Waals surface area (Å²) in [5.41, 5.74) is 7.81. The van der Waals surface area contributed by atoms with Gasteiger partial charge in [0.15, 0.2) is 5.82 Å². The number of anilines is 2. The van der Waals surface area contributed by atoms with Gasteiger partial charge in [-0.05, 0) is 69.4 Å². The lowest BCUT2D eigenvalue weighted by Gasteiger charge is -2.41. The van der Waals surface area contributed by atoms with Crippen molar-refractivity contribution in [1.29, 1.82) is 0 Å². The summed E-state index contributed by atoms with van der Waals surface area (Å²) in [5, 5.41) is 0. The number of hydrogen-bond acceptors (Lipinski definition) is 5. The van der Waals surface area contributed by atoms with Crippen LogP contribution in [0.4, 0.5) is 15.9 Å². The Morgan fingerprint density at radius 1 is 1.00 bits per heavy atom. The van der Waals surface area contributed by atoms with E-state index in [-0.39, 0.29) is 11.9 Å². The third-order valence-corrected chi connectivity index (χ3v) is 7.69. The van der Waals surface area contributed by atoms with Gasteiger partial charge in [0.25, 0.3) is 0 Å². The molecule has 3 heterocycles. The second-order valence-electron chi connectivity index (χ2n) is 10.1. The Bertz CT molecular complexity index is 1220. The van der Waals surface area contributed by atoms with Gasteiger partial charge in [0.2, 0.25) is 0 Å². The van der Waals surface area contributed by atoms with Crippen LogP contribution in [0.5, 0.6) is 0 Å². The average molecular weight is 475 g/mol. The van der Waals surface area contributed by atoms with E-state index in [4.69, 9.17) is 14.7 Å². The maximum atomic E-state index is 14.1. The fourth-order valence-corrected chi connectivity index (χ4v) is 5.70. The number of nitrogens with zero attached hydrogens (tertiary/aromatic N) is 4. The van der Waals surface area contributed by atoms with E-state index in [1.807, 2.05) is 13.0 Å². The highest BCUT2D eigenvalue weighted by Crippen LogP contribution is 2.36. The highest BCUT2D eigenvalue weighted by atomic mass is 19.1. The molecule has 2 unspecified atom stereocenters. The van der Waals surface area contributed by atoms with E-state index >= 15 is 0 Å². The SMILES string of the molecule is COC1CCN(c2nc(-c3c(C)cccc3C)nc3c2CN(c2cc(F)ccc2C)CC3)C(C)C1. The highest BCUT2D eigenvalue weighted by molar-refractivity contribution is 5.68. The van der Waals surface area contributed by atoms with Crippen LogP contribution < -0.4 is 9.80 Å². The lowest BCUT2D eigenvalue weighted by Crippen LogP contribution is -2.45. The molecular formula is C29H35FN4O. The molecule has 1 saturated heterocycles. The molecular weight excluding hydrogens is 439 g/mol. The van der Waals surface area contributed by atoms with Crippen LogP contribution in [0.1, 0.15) is 47.7 Å². The zero-order valence-electron chi connectivity index (χ0n) is 21.4. The van der Waals surface area contributed by atoms with Crippen LogP contribution in [0.2, 0.25) is 0 Å². The number of rotatable bonds is 4. The van der Waals surface area contributed by atoms with Crippen molar-refractivity contribution in [3.8, 4) is 11.4 Å². The normalized spacial score (nSPS) is 20.2. The summed E-state index contributed by atoms with van der Waals surface area (Å²) in [7, 11) is 1.80. The second-order valence-corrected chi connectivity index (χ2v) is 10.1. The van der Waals surface area contributed by atoms with Crippen molar-refractivity contribution in [1.82, 2.24) is 9.97 Å². The summed E-state index contributed by atoms with van der Waals surface area (Å²) in [5.74, 6) is 1.63. The van der Waals surface area contributed by atoms with Crippen molar-refractivity contribution in [2.45, 2.75) is 65.6 Å². The Balaban J connectivity index is 1.61. The molecule has 0 spiro atoms. The Hall–Kier alpha value is -2.99. The number of hydrogen-bond donors (Lipinski definition) is 0. The number of aryl methyl sites for hydroxylation is 3. The van der Waals surface area contributed by atoms with Gasteiger partial charge >= 0.3 is 0 Å². The molecule has 0 radical (unpaired) electrons. The van der Waals surface area contributed by atoms with Crippen LogP contribution in [-0.2, 0) is 17.7 Å². The Morgan fingerprint density at radius 3 is 2.49 bits per heavy atom. The van der Waals surface area contributed by atoms with Crippen molar-refractivity contribution >= 4 is 11.5 Å². The molecule has 3 aromatic rings. The number of fused-ring (bicyclic) bond motifs is 1. The first-order chi connectivity index (χ1) is 16.9. The summed E-state index contributed by atoms with van der Waals surface area (Å²) in [4.78, 5) is 15.1. The fourth-order valence-electron chi connectivity index (χ4n) is 5.70. The highest BCUT2D eigenvalue weighted by Gasteiger charge is 2.32. The van der Waals surface area contributed by atoms with Crippen molar-refractivity contribution in [2.75, 3.05) is 30.0 Å². The Morgan fingerprint density at radius 2 is 1.77 bits per heavy atom. The first kappa shape index (κ1) is 23.7. The predicted molar refractivity (Wildman–Crippen MR) is 140 cm³/mol. The standard InChI is InChI=1S/C29H35FN4O/c1-18-9-10-22(30)16-26(18)33-13-12-25-24(17-33)29(34-14-11-23(35-5)15-21(34)4)32-28(31-25)27-19(2)7-6-8-20(27)3/h6-10,16,21,23H,11-15,17H2,1-5H3. The van der Waals surface area contributed by atoms with Gasteiger partial charge < -0.3 is 14.5 Å². The van der Waals surface area contributed by atoms with E-state index < -0.39 is 0 Å². The minimum atomic E-state index is -0.200. The minimum Gasteiger partial charge on any atom is -0.381 e.